The Morgan fingerprint density at radius 2 is 2.19 bits per heavy atom. The number of benzene rings is 1. The molecule has 0 radical (unpaired) electrons. The molecule has 0 amide bonds. The molecule has 86 valence electrons. The fourth-order valence-electron chi connectivity index (χ4n) is 1.74. The first-order valence-corrected chi connectivity index (χ1v) is 5.69. The summed E-state index contributed by atoms with van der Waals surface area (Å²) in [5.41, 5.74) is 1.16. The highest BCUT2D eigenvalue weighted by atomic mass is 16.7. The first kappa shape index (κ1) is 11.1. The lowest BCUT2D eigenvalue weighted by Gasteiger charge is -2.10. The van der Waals surface area contributed by atoms with Gasteiger partial charge in [-0.2, -0.15) is 0 Å². The van der Waals surface area contributed by atoms with Crippen LogP contribution in [0.4, 0.5) is 0 Å². The van der Waals surface area contributed by atoms with E-state index in [0.717, 1.165) is 24.8 Å². The molecule has 1 aromatic rings. The summed E-state index contributed by atoms with van der Waals surface area (Å²) >= 11 is 0. The van der Waals surface area contributed by atoms with Crippen molar-refractivity contribution in [3.05, 3.63) is 35.9 Å². The molecule has 1 aliphatic rings. The lowest BCUT2D eigenvalue weighted by molar-refractivity contribution is -0.169. The third kappa shape index (κ3) is 3.35. The second-order valence-corrected chi connectivity index (χ2v) is 3.92. The Labute approximate surface area is 95.4 Å². The summed E-state index contributed by atoms with van der Waals surface area (Å²) in [7, 11) is 0. The van der Waals surface area contributed by atoms with E-state index in [4.69, 9.17) is 9.47 Å². The van der Waals surface area contributed by atoms with Crippen molar-refractivity contribution in [1.82, 2.24) is 0 Å². The van der Waals surface area contributed by atoms with E-state index in [1.807, 2.05) is 30.3 Å². The van der Waals surface area contributed by atoms with E-state index in [1.165, 1.54) is 0 Å². The van der Waals surface area contributed by atoms with Gasteiger partial charge in [-0.05, 0) is 18.4 Å². The Balaban J connectivity index is 1.71. The minimum Gasteiger partial charge on any atom is -0.436 e. The number of carbonyl (C=O) groups is 1. The molecule has 0 aliphatic carbocycles. The van der Waals surface area contributed by atoms with Gasteiger partial charge in [0.1, 0.15) is 0 Å². The van der Waals surface area contributed by atoms with Crippen molar-refractivity contribution in [2.24, 2.45) is 0 Å². The van der Waals surface area contributed by atoms with Gasteiger partial charge >= 0.3 is 5.97 Å². The van der Waals surface area contributed by atoms with E-state index in [2.05, 4.69) is 0 Å². The van der Waals surface area contributed by atoms with Gasteiger partial charge < -0.3 is 9.47 Å². The Morgan fingerprint density at radius 1 is 1.38 bits per heavy atom. The average Bonchev–Trinajstić information content (AvgIpc) is 2.81. The second-order valence-electron chi connectivity index (χ2n) is 3.92. The van der Waals surface area contributed by atoms with E-state index in [1.54, 1.807) is 0 Å². The predicted molar refractivity (Wildman–Crippen MR) is 59.8 cm³/mol. The van der Waals surface area contributed by atoms with Crippen LogP contribution in [0.2, 0.25) is 0 Å². The smallest absolute Gasteiger partial charge is 0.308 e. The van der Waals surface area contributed by atoms with Crippen LogP contribution in [0.25, 0.3) is 0 Å². The van der Waals surface area contributed by atoms with E-state index < -0.39 is 0 Å². The molecule has 0 spiro atoms. The SMILES string of the molecule is O=C(CCc1ccccc1)OC1CCCO1. The normalized spacial score (nSPS) is 19.6. The Kier molecular flexibility index (Phi) is 3.94. The third-order valence-electron chi connectivity index (χ3n) is 2.61. The molecular formula is C13H16O3. The zero-order chi connectivity index (χ0) is 11.2. The van der Waals surface area contributed by atoms with Gasteiger partial charge in [0.2, 0.25) is 6.29 Å². The molecule has 1 aliphatic heterocycles. The first-order valence-electron chi connectivity index (χ1n) is 5.69. The molecule has 0 bridgehead atoms. The first-order chi connectivity index (χ1) is 7.84. The summed E-state index contributed by atoms with van der Waals surface area (Å²) in [4.78, 5) is 11.5. The summed E-state index contributed by atoms with van der Waals surface area (Å²) in [5.74, 6) is -0.171. The van der Waals surface area contributed by atoms with Crippen LogP contribution in [0.15, 0.2) is 30.3 Å². The molecule has 16 heavy (non-hydrogen) atoms. The third-order valence-corrected chi connectivity index (χ3v) is 2.61. The fraction of sp³-hybridized carbons (Fsp3) is 0.462. The predicted octanol–water partition coefficient (Wildman–Crippen LogP) is 2.30. The van der Waals surface area contributed by atoms with Crippen LogP contribution in [-0.4, -0.2) is 18.9 Å². The van der Waals surface area contributed by atoms with Crippen LogP contribution in [0.3, 0.4) is 0 Å². The van der Waals surface area contributed by atoms with Gasteiger partial charge in [0.15, 0.2) is 0 Å². The summed E-state index contributed by atoms with van der Waals surface area (Å²) in [6.45, 7) is 0.705. The topological polar surface area (TPSA) is 35.5 Å². The van der Waals surface area contributed by atoms with Crippen molar-refractivity contribution in [3.8, 4) is 0 Å². The summed E-state index contributed by atoms with van der Waals surface area (Å²) in [6.07, 6.45) is 2.66. The maximum atomic E-state index is 11.5. The Hall–Kier alpha value is -1.35. The number of ether oxygens (including phenoxy) is 2. The average molecular weight is 220 g/mol. The fourth-order valence-corrected chi connectivity index (χ4v) is 1.74. The van der Waals surface area contributed by atoms with Crippen LogP contribution in [-0.2, 0) is 20.7 Å². The molecule has 1 heterocycles. The molecule has 1 aromatic carbocycles. The quantitative estimate of drug-likeness (QED) is 0.730. The van der Waals surface area contributed by atoms with Crippen molar-refractivity contribution in [2.45, 2.75) is 32.0 Å². The van der Waals surface area contributed by atoms with Gasteiger partial charge in [-0.25, -0.2) is 0 Å². The van der Waals surface area contributed by atoms with Crippen molar-refractivity contribution < 1.29 is 14.3 Å². The van der Waals surface area contributed by atoms with E-state index in [0.29, 0.717) is 13.0 Å². The number of aryl methyl sites for hydroxylation is 1. The number of rotatable bonds is 4. The van der Waals surface area contributed by atoms with Crippen LogP contribution in [0.1, 0.15) is 24.8 Å². The van der Waals surface area contributed by atoms with E-state index in [9.17, 15) is 4.79 Å². The van der Waals surface area contributed by atoms with Crippen LogP contribution < -0.4 is 0 Å². The van der Waals surface area contributed by atoms with Crippen LogP contribution in [0.5, 0.6) is 0 Å². The lowest BCUT2D eigenvalue weighted by atomic mass is 10.1. The standard InChI is InChI=1S/C13H16O3/c14-12(16-13-7-4-10-15-13)9-8-11-5-2-1-3-6-11/h1-3,5-6,13H,4,7-10H2. The van der Waals surface area contributed by atoms with Gasteiger partial charge in [0.05, 0.1) is 6.61 Å². The number of hydrogen-bond donors (Lipinski definition) is 0. The van der Waals surface area contributed by atoms with Gasteiger partial charge in [-0.1, -0.05) is 30.3 Å². The highest BCUT2D eigenvalue weighted by Gasteiger charge is 2.19. The molecule has 3 nitrogen and oxygen atoms in total. The van der Waals surface area contributed by atoms with Gasteiger partial charge in [-0.15, -0.1) is 0 Å². The number of esters is 1. The molecule has 1 unspecified atom stereocenters. The van der Waals surface area contributed by atoms with Gasteiger partial charge in [-0.3, -0.25) is 4.79 Å². The molecular weight excluding hydrogens is 204 g/mol. The highest BCUT2D eigenvalue weighted by molar-refractivity contribution is 5.69. The highest BCUT2D eigenvalue weighted by Crippen LogP contribution is 2.14. The molecule has 1 atom stereocenters. The largest absolute Gasteiger partial charge is 0.436 e. The zero-order valence-corrected chi connectivity index (χ0v) is 9.22. The summed E-state index contributed by atoms with van der Waals surface area (Å²) < 4.78 is 10.4. The molecule has 0 aromatic heterocycles. The molecule has 2 rings (SSSR count). The van der Waals surface area contributed by atoms with Crippen molar-refractivity contribution >= 4 is 5.97 Å². The van der Waals surface area contributed by atoms with E-state index in [-0.39, 0.29) is 12.3 Å². The van der Waals surface area contributed by atoms with Crippen LogP contribution in [0, 0.1) is 0 Å². The maximum Gasteiger partial charge on any atom is 0.308 e. The summed E-state index contributed by atoms with van der Waals surface area (Å²) in [6, 6.07) is 9.94. The minimum atomic E-state index is -0.303. The van der Waals surface area contributed by atoms with Gasteiger partial charge in [0, 0.05) is 12.8 Å². The second kappa shape index (κ2) is 5.66. The van der Waals surface area contributed by atoms with Crippen molar-refractivity contribution in [1.29, 1.82) is 0 Å². The monoisotopic (exact) mass is 220 g/mol. The number of carbonyl (C=O) groups excluding carboxylic acids is 1. The molecule has 3 heteroatoms. The van der Waals surface area contributed by atoms with Gasteiger partial charge in [0.25, 0.3) is 0 Å². The van der Waals surface area contributed by atoms with Crippen molar-refractivity contribution in [2.75, 3.05) is 6.61 Å². The molecule has 0 N–H and O–H groups in total. The molecule has 1 fully saturated rings. The number of hydrogen-bond acceptors (Lipinski definition) is 3. The minimum absolute atomic E-state index is 0.171. The zero-order valence-electron chi connectivity index (χ0n) is 9.22. The molecule has 0 saturated carbocycles. The van der Waals surface area contributed by atoms with Crippen molar-refractivity contribution in [3.63, 3.8) is 0 Å². The van der Waals surface area contributed by atoms with E-state index >= 15 is 0 Å². The lowest BCUT2D eigenvalue weighted by Crippen LogP contribution is -2.16. The Bertz CT molecular complexity index is 328. The maximum absolute atomic E-state index is 11.5. The van der Waals surface area contributed by atoms with Crippen LogP contribution >= 0.6 is 0 Å². The molecule has 1 saturated heterocycles. The summed E-state index contributed by atoms with van der Waals surface area (Å²) in [5, 5.41) is 0. The Morgan fingerprint density at radius 3 is 2.88 bits per heavy atom.